The zero-order valence-electron chi connectivity index (χ0n) is 17.9. The van der Waals surface area contributed by atoms with Gasteiger partial charge in [0.2, 0.25) is 5.91 Å². The third kappa shape index (κ3) is 3.54. The van der Waals surface area contributed by atoms with Crippen molar-refractivity contribution in [1.82, 2.24) is 34.0 Å². The second-order valence-electron chi connectivity index (χ2n) is 7.83. The number of amides is 1. The first-order valence-electron chi connectivity index (χ1n) is 10.2. The van der Waals surface area contributed by atoms with Crippen LogP contribution in [0.5, 0.6) is 0 Å². The third-order valence-electron chi connectivity index (χ3n) is 5.73. The number of aromatic nitrogens is 6. The second-order valence-corrected chi connectivity index (χ2v) is 7.83. The van der Waals surface area contributed by atoms with Crippen molar-refractivity contribution in [2.24, 2.45) is 20.0 Å². The van der Waals surface area contributed by atoms with Crippen LogP contribution in [0.25, 0.3) is 22.2 Å². The van der Waals surface area contributed by atoms with Crippen LogP contribution < -0.4 is 16.6 Å². The molecule has 0 aliphatic carbocycles. The lowest BCUT2D eigenvalue weighted by molar-refractivity contribution is -0.123. The Bertz CT molecular complexity index is 1360. The number of para-hydroxylation sites is 2. The molecule has 0 saturated heterocycles. The molecule has 2 atom stereocenters. The molecule has 0 bridgehead atoms. The summed E-state index contributed by atoms with van der Waals surface area (Å²) in [5.41, 5.74) is 1.12. The number of aromatic amines is 1. The SMILES string of the molecule is CCC(C)C(NC(=O)Cn1c(=O)c2c(ncn2C)n(C)c1=O)c1nc2ccccc2[nH]1. The van der Waals surface area contributed by atoms with E-state index in [0.717, 1.165) is 22.0 Å². The Morgan fingerprint density at radius 3 is 2.68 bits per heavy atom. The van der Waals surface area contributed by atoms with E-state index in [4.69, 9.17) is 0 Å². The molecule has 162 valence electrons. The lowest BCUT2D eigenvalue weighted by atomic mass is 9.98. The first-order valence-corrected chi connectivity index (χ1v) is 10.2. The molecule has 1 amide bonds. The van der Waals surface area contributed by atoms with Gasteiger partial charge in [0.15, 0.2) is 11.2 Å². The Hall–Kier alpha value is -3.69. The number of carbonyl (C=O) groups is 1. The Morgan fingerprint density at radius 1 is 1.23 bits per heavy atom. The number of rotatable bonds is 6. The summed E-state index contributed by atoms with van der Waals surface area (Å²) in [6, 6.07) is 7.26. The normalized spacial score (nSPS) is 13.5. The Kier molecular flexibility index (Phi) is 5.22. The summed E-state index contributed by atoms with van der Waals surface area (Å²) in [5.74, 6) is 0.293. The molecular weight excluding hydrogens is 398 g/mol. The maximum absolute atomic E-state index is 12.9. The van der Waals surface area contributed by atoms with Gasteiger partial charge in [0.1, 0.15) is 12.4 Å². The zero-order chi connectivity index (χ0) is 22.3. The number of H-pyrrole nitrogens is 1. The van der Waals surface area contributed by atoms with Crippen molar-refractivity contribution >= 4 is 28.1 Å². The van der Waals surface area contributed by atoms with Gasteiger partial charge in [0.25, 0.3) is 5.56 Å². The van der Waals surface area contributed by atoms with Crippen molar-refractivity contribution in [3.05, 3.63) is 57.3 Å². The Morgan fingerprint density at radius 2 is 1.97 bits per heavy atom. The molecule has 0 aliphatic rings. The van der Waals surface area contributed by atoms with Crippen molar-refractivity contribution in [3.8, 4) is 0 Å². The summed E-state index contributed by atoms with van der Waals surface area (Å²) in [5, 5.41) is 2.96. The van der Waals surface area contributed by atoms with Crippen LogP contribution in [0, 0.1) is 5.92 Å². The van der Waals surface area contributed by atoms with Gasteiger partial charge >= 0.3 is 5.69 Å². The summed E-state index contributed by atoms with van der Waals surface area (Å²) in [6.07, 6.45) is 2.28. The highest BCUT2D eigenvalue weighted by Gasteiger charge is 2.25. The fourth-order valence-corrected chi connectivity index (χ4v) is 3.73. The third-order valence-corrected chi connectivity index (χ3v) is 5.73. The maximum atomic E-state index is 12.9. The van der Waals surface area contributed by atoms with E-state index in [-0.39, 0.29) is 29.7 Å². The predicted molar refractivity (Wildman–Crippen MR) is 117 cm³/mol. The number of imidazole rings is 2. The largest absolute Gasteiger partial charge is 0.344 e. The average molecular weight is 423 g/mol. The average Bonchev–Trinajstić information content (AvgIpc) is 3.36. The molecule has 4 rings (SSSR count). The van der Waals surface area contributed by atoms with Gasteiger partial charge in [-0.2, -0.15) is 0 Å². The van der Waals surface area contributed by atoms with E-state index in [1.54, 1.807) is 11.6 Å². The molecule has 3 aromatic heterocycles. The van der Waals surface area contributed by atoms with Crippen LogP contribution in [0.3, 0.4) is 0 Å². The first kappa shape index (κ1) is 20.6. The number of fused-ring (bicyclic) bond motifs is 2. The molecular formula is C21H25N7O3. The van der Waals surface area contributed by atoms with Crippen LogP contribution in [-0.4, -0.2) is 34.6 Å². The molecule has 0 spiro atoms. The van der Waals surface area contributed by atoms with Gasteiger partial charge < -0.3 is 14.9 Å². The highest BCUT2D eigenvalue weighted by molar-refractivity contribution is 5.78. The van der Waals surface area contributed by atoms with Gasteiger partial charge in [0.05, 0.1) is 23.4 Å². The molecule has 0 radical (unpaired) electrons. The van der Waals surface area contributed by atoms with Crippen LogP contribution in [0.15, 0.2) is 40.2 Å². The summed E-state index contributed by atoms with van der Waals surface area (Å²) < 4.78 is 3.75. The lowest BCUT2D eigenvalue weighted by Crippen LogP contribution is -2.44. The van der Waals surface area contributed by atoms with Crippen molar-refractivity contribution in [2.45, 2.75) is 32.9 Å². The molecule has 10 heteroatoms. The van der Waals surface area contributed by atoms with E-state index in [9.17, 15) is 14.4 Å². The highest BCUT2D eigenvalue weighted by Crippen LogP contribution is 2.24. The molecule has 0 aliphatic heterocycles. The molecule has 2 N–H and O–H groups in total. The van der Waals surface area contributed by atoms with Gasteiger partial charge in [0, 0.05) is 14.1 Å². The number of benzene rings is 1. The van der Waals surface area contributed by atoms with Crippen molar-refractivity contribution in [1.29, 1.82) is 0 Å². The molecule has 31 heavy (non-hydrogen) atoms. The second kappa shape index (κ2) is 7.86. The summed E-state index contributed by atoms with van der Waals surface area (Å²) in [7, 11) is 3.20. The van der Waals surface area contributed by atoms with E-state index in [1.165, 1.54) is 17.9 Å². The predicted octanol–water partition coefficient (Wildman–Crippen LogP) is 1.21. The number of nitrogens with zero attached hydrogens (tertiary/aromatic N) is 5. The van der Waals surface area contributed by atoms with Gasteiger partial charge in [-0.25, -0.2) is 19.3 Å². The molecule has 0 saturated carbocycles. The number of nitrogens with one attached hydrogen (secondary N) is 2. The fraction of sp³-hybridized carbons (Fsp3) is 0.381. The number of aryl methyl sites for hydroxylation is 2. The van der Waals surface area contributed by atoms with E-state index < -0.39 is 17.2 Å². The van der Waals surface area contributed by atoms with Crippen LogP contribution in [0.2, 0.25) is 0 Å². The lowest BCUT2D eigenvalue weighted by Gasteiger charge is -2.22. The number of carbonyl (C=O) groups excluding carboxylic acids is 1. The topological polar surface area (TPSA) is 120 Å². The monoisotopic (exact) mass is 423 g/mol. The van der Waals surface area contributed by atoms with Gasteiger partial charge in [-0.3, -0.25) is 14.2 Å². The minimum absolute atomic E-state index is 0.0867. The van der Waals surface area contributed by atoms with Crippen LogP contribution in [0.1, 0.15) is 32.1 Å². The molecule has 1 aromatic carbocycles. The summed E-state index contributed by atoms with van der Waals surface area (Å²) in [6.45, 7) is 3.66. The van der Waals surface area contributed by atoms with Crippen LogP contribution >= 0.6 is 0 Å². The number of hydrogen-bond acceptors (Lipinski definition) is 5. The molecule has 4 aromatic rings. The molecule has 3 heterocycles. The maximum Gasteiger partial charge on any atom is 0.332 e. The quantitative estimate of drug-likeness (QED) is 0.483. The van der Waals surface area contributed by atoms with Crippen molar-refractivity contribution < 1.29 is 4.79 Å². The Balaban J connectivity index is 1.67. The standard InChI is InChI=1S/C21H25N7O3/c1-5-12(2)16(18-23-13-8-6-7-9-14(13)24-18)25-15(29)10-28-20(30)17-19(22-11-26(17)3)27(4)21(28)31/h6-9,11-12,16H,5,10H2,1-4H3,(H,23,24)(H,25,29). The van der Waals surface area contributed by atoms with Crippen molar-refractivity contribution in [3.63, 3.8) is 0 Å². The fourth-order valence-electron chi connectivity index (χ4n) is 3.73. The summed E-state index contributed by atoms with van der Waals surface area (Å²) in [4.78, 5) is 50.5. The van der Waals surface area contributed by atoms with Crippen molar-refractivity contribution in [2.75, 3.05) is 0 Å². The first-order chi connectivity index (χ1) is 14.8. The molecule has 2 unspecified atom stereocenters. The minimum Gasteiger partial charge on any atom is -0.344 e. The highest BCUT2D eigenvalue weighted by atomic mass is 16.2. The van der Waals surface area contributed by atoms with Gasteiger partial charge in [-0.15, -0.1) is 0 Å². The zero-order valence-corrected chi connectivity index (χ0v) is 17.9. The van der Waals surface area contributed by atoms with E-state index in [2.05, 4.69) is 20.3 Å². The van der Waals surface area contributed by atoms with Gasteiger partial charge in [-0.1, -0.05) is 32.4 Å². The molecule has 0 fully saturated rings. The summed E-state index contributed by atoms with van der Waals surface area (Å²) >= 11 is 0. The number of hydrogen-bond donors (Lipinski definition) is 2. The minimum atomic E-state index is -0.588. The molecule has 10 nitrogen and oxygen atoms in total. The Labute approximate surface area is 177 Å². The van der Waals surface area contributed by atoms with E-state index in [1.807, 2.05) is 38.1 Å². The van der Waals surface area contributed by atoms with Crippen LogP contribution in [-0.2, 0) is 25.4 Å². The van der Waals surface area contributed by atoms with Gasteiger partial charge in [-0.05, 0) is 18.1 Å². The smallest absolute Gasteiger partial charge is 0.332 e. The van der Waals surface area contributed by atoms with Crippen LogP contribution in [0.4, 0.5) is 0 Å². The van der Waals surface area contributed by atoms with E-state index in [0.29, 0.717) is 5.82 Å². The van der Waals surface area contributed by atoms with E-state index >= 15 is 0 Å².